The monoisotopic (exact) mass is 409 g/mol. The predicted octanol–water partition coefficient (Wildman–Crippen LogP) is 4.03. The maximum atomic E-state index is 13.4. The number of hydrogen-bond donors (Lipinski definition) is 2. The molecule has 0 amide bonds. The van der Waals surface area contributed by atoms with E-state index >= 15 is 0 Å². The Morgan fingerprint density at radius 1 is 1.23 bits per heavy atom. The van der Waals surface area contributed by atoms with Crippen molar-refractivity contribution in [3.63, 3.8) is 0 Å². The summed E-state index contributed by atoms with van der Waals surface area (Å²) in [5.74, 6) is -4.47. The third-order valence-corrected chi connectivity index (χ3v) is 4.61. The van der Waals surface area contributed by atoms with E-state index in [1.807, 2.05) is 5.32 Å². The van der Waals surface area contributed by atoms with Gasteiger partial charge in [0.2, 0.25) is 0 Å². The highest BCUT2D eigenvalue weighted by Crippen LogP contribution is 2.45. The van der Waals surface area contributed by atoms with Crippen molar-refractivity contribution in [1.82, 2.24) is 5.32 Å². The van der Waals surface area contributed by atoms with Gasteiger partial charge in [0, 0.05) is 5.70 Å². The number of esters is 1. The molecule has 26 heavy (non-hydrogen) atoms. The van der Waals surface area contributed by atoms with Crippen molar-refractivity contribution in [2.45, 2.75) is 19.0 Å². The molecule has 1 aliphatic rings. The van der Waals surface area contributed by atoms with E-state index in [1.54, 1.807) is 0 Å². The van der Waals surface area contributed by atoms with Gasteiger partial charge in [0.05, 0.1) is 34.2 Å². The quantitative estimate of drug-likeness (QED) is 0.737. The zero-order valence-electron chi connectivity index (χ0n) is 13.4. The number of benzene rings is 1. The molecule has 1 aromatic carbocycles. The molecule has 0 saturated carbocycles. The zero-order chi connectivity index (χ0) is 19.8. The van der Waals surface area contributed by atoms with Crippen LogP contribution >= 0.6 is 23.2 Å². The van der Waals surface area contributed by atoms with Crippen molar-refractivity contribution in [2.24, 2.45) is 0 Å². The highest BCUT2D eigenvalue weighted by molar-refractivity contribution is 6.42. The third-order valence-electron chi connectivity index (χ3n) is 3.77. The number of carboxylic acid groups (broad SMARTS) is 1. The number of rotatable bonds is 3. The molecule has 0 radical (unpaired) electrons. The van der Waals surface area contributed by atoms with Crippen LogP contribution in [0.4, 0.5) is 13.2 Å². The van der Waals surface area contributed by atoms with Gasteiger partial charge in [0.15, 0.2) is 0 Å². The lowest BCUT2D eigenvalue weighted by Crippen LogP contribution is -2.38. The Balaban J connectivity index is 2.89. The van der Waals surface area contributed by atoms with E-state index in [4.69, 9.17) is 23.2 Å². The molecule has 2 rings (SSSR count). The summed E-state index contributed by atoms with van der Waals surface area (Å²) in [6, 6.07) is 4.08. The van der Waals surface area contributed by atoms with Crippen LogP contribution in [-0.4, -0.2) is 30.3 Å². The van der Waals surface area contributed by atoms with Gasteiger partial charge in [-0.15, -0.1) is 0 Å². The van der Waals surface area contributed by atoms with Crippen LogP contribution in [0.2, 0.25) is 10.0 Å². The molecular weight excluding hydrogens is 398 g/mol. The van der Waals surface area contributed by atoms with Crippen LogP contribution in [0, 0.1) is 0 Å². The molecule has 5 nitrogen and oxygen atoms in total. The van der Waals surface area contributed by atoms with E-state index in [2.05, 4.69) is 4.74 Å². The van der Waals surface area contributed by atoms with Gasteiger partial charge in [-0.1, -0.05) is 35.3 Å². The molecule has 1 aliphatic heterocycles. The SMILES string of the molecule is COC(=O)C1=C(C)NC(C(F)(F)F)=C(C(=O)O)C1c1cccc(Cl)c1Cl. The fourth-order valence-corrected chi connectivity index (χ4v) is 3.13. The van der Waals surface area contributed by atoms with Crippen LogP contribution in [0.3, 0.4) is 0 Å². The van der Waals surface area contributed by atoms with Crippen molar-refractivity contribution in [3.8, 4) is 0 Å². The summed E-state index contributed by atoms with van der Waals surface area (Å²) in [6.45, 7) is 1.21. The van der Waals surface area contributed by atoms with Crippen molar-refractivity contribution in [3.05, 3.63) is 56.3 Å². The van der Waals surface area contributed by atoms with E-state index in [9.17, 15) is 27.9 Å². The lowest BCUT2D eigenvalue weighted by atomic mass is 9.80. The van der Waals surface area contributed by atoms with Crippen molar-refractivity contribution >= 4 is 35.1 Å². The molecule has 0 fully saturated rings. The summed E-state index contributed by atoms with van der Waals surface area (Å²) < 4.78 is 44.9. The topological polar surface area (TPSA) is 75.6 Å². The Hall–Kier alpha value is -2.19. The van der Waals surface area contributed by atoms with Crippen LogP contribution in [0.1, 0.15) is 18.4 Å². The number of carbonyl (C=O) groups excluding carboxylic acids is 1. The highest BCUT2D eigenvalue weighted by atomic mass is 35.5. The first-order chi connectivity index (χ1) is 12.0. The molecule has 0 saturated heterocycles. The average molecular weight is 410 g/mol. The van der Waals surface area contributed by atoms with E-state index < -0.39 is 35.3 Å². The Bertz CT molecular complexity index is 846. The molecule has 1 unspecified atom stereocenters. The lowest BCUT2D eigenvalue weighted by molar-refractivity contribution is -0.137. The highest BCUT2D eigenvalue weighted by Gasteiger charge is 2.47. The van der Waals surface area contributed by atoms with Crippen LogP contribution in [0.25, 0.3) is 0 Å². The summed E-state index contributed by atoms with van der Waals surface area (Å²) in [4.78, 5) is 23.9. The number of allylic oxidation sites excluding steroid dienone is 2. The first-order valence-corrected chi connectivity index (χ1v) is 7.81. The summed E-state index contributed by atoms with van der Waals surface area (Å²) in [5, 5.41) is 11.3. The number of ether oxygens (including phenoxy) is 1. The molecule has 0 spiro atoms. The lowest BCUT2D eigenvalue weighted by Gasteiger charge is -2.31. The Morgan fingerprint density at radius 2 is 1.85 bits per heavy atom. The van der Waals surface area contributed by atoms with Gasteiger partial charge >= 0.3 is 18.1 Å². The third kappa shape index (κ3) is 3.52. The van der Waals surface area contributed by atoms with Crippen molar-refractivity contribution in [1.29, 1.82) is 0 Å². The van der Waals surface area contributed by atoms with Gasteiger partial charge in [0.25, 0.3) is 0 Å². The number of nitrogens with one attached hydrogen (secondary N) is 1. The maximum absolute atomic E-state index is 13.4. The average Bonchev–Trinajstić information content (AvgIpc) is 2.54. The molecule has 0 bridgehead atoms. The van der Waals surface area contributed by atoms with Gasteiger partial charge < -0.3 is 15.2 Å². The van der Waals surface area contributed by atoms with Crippen LogP contribution in [0.15, 0.2) is 40.7 Å². The van der Waals surface area contributed by atoms with Gasteiger partial charge in [0.1, 0.15) is 5.70 Å². The maximum Gasteiger partial charge on any atom is 0.431 e. The van der Waals surface area contributed by atoms with Gasteiger partial charge in [-0.25, -0.2) is 9.59 Å². The summed E-state index contributed by atoms with van der Waals surface area (Å²) in [5.41, 5.74) is -3.12. The molecular formula is C16H12Cl2F3NO4. The van der Waals surface area contributed by atoms with Crippen molar-refractivity contribution in [2.75, 3.05) is 7.11 Å². The number of carboxylic acids is 1. The summed E-state index contributed by atoms with van der Waals surface area (Å²) in [7, 11) is 1.03. The second-order valence-corrected chi connectivity index (χ2v) is 6.11. The standard InChI is InChI=1S/C16H12Cl2F3NO4/c1-6-9(15(25)26-2)10(7-4-3-5-8(17)12(7)18)11(14(23)24)13(22-6)16(19,20)21/h3-5,10,22H,1-2H3,(H,23,24). The van der Waals surface area contributed by atoms with Crippen LogP contribution < -0.4 is 5.32 Å². The largest absolute Gasteiger partial charge is 0.478 e. The normalized spacial score (nSPS) is 17.9. The number of carbonyl (C=O) groups is 2. The van der Waals surface area contributed by atoms with Crippen LogP contribution in [0.5, 0.6) is 0 Å². The van der Waals surface area contributed by atoms with E-state index in [0.29, 0.717) is 0 Å². The van der Waals surface area contributed by atoms with Gasteiger partial charge in [-0.2, -0.15) is 13.2 Å². The van der Waals surface area contributed by atoms with Gasteiger partial charge in [-0.3, -0.25) is 0 Å². The van der Waals surface area contributed by atoms with Gasteiger partial charge in [-0.05, 0) is 18.6 Å². The van der Waals surface area contributed by atoms with Crippen LogP contribution in [-0.2, 0) is 14.3 Å². The number of aliphatic carboxylic acids is 1. The number of dihydropyridines is 1. The molecule has 1 aromatic rings. The van der Waals surface area contributed by atoms with E-state index in [0.717, 1.165) is 7.11 Å². The van der Waals surface area contributed by atoms with E-state index in [-0.39, 0.29) is 26.9 Å². The predicted molar refractivity (Wildman–Crippen MR) is 87.8 cm³/mol. The number of hydrogen-bond acceptors (Lipinski definition) is 4. The first-order valence-electron chi connectivity index (χ1n) is 7.05. The molecule has 10 heteroatoms. The molecule has 140 valence electrons. The fraction of sp³-hybridized carbons (Fsp3) is 0.250. The zero-order valence-corrected chi connectivity index (χ0v) is 14.9. The first kappa shape index (κ1) is 20.1. The summed E-state index contributed by atoms with van der Waals surface area (Å²) >= 11 is 12.0. The Kier molecular flexibility index (Phi) is 5.58. The number of methoxy groups -OCH3 is 1. The Labute approximate surface area is 156 Å². The number of halogens is 5. The fourth-order valence-electron chi connectivity index (χ4n) is 2.72. The molecule has 1 atom stereocenters. The molecule has 0 aromatic heterocycles. The minimum Gasteiger partial charge on any atom is -0.478 e. The smallest absolute Gasteiger partial charge is 0.431 e. The second-order valence-electron chi connectivity index (χ2n) is 5.32. The molecule has 1 heterocycles. The molecule has 2 N–H and O–H groups in total. The van der Waals surface area contributed by atoms with E-state index in [1.165, 1.54) is 25.1 Å². The number of alkyl halides is 3. The van der Waals surface area contributed by atoms with Crippen molar-refractivity contribution < 1.29 is 32.6 Å². The Morgan fingerprint density at radius 3 is 2.35 bits per heavy atom. The minimum atomic E-state index is -5.00. The molecule has 0 aliphatic carbocycles. The minimum absolute atomic E-state index is 0.00265. The summed E-state index contributed by atoms with van der Waals surface area (Å²) in [6.07, 6.45) is -5.00. The second kappa shape index (κ2) is 7.20.